The van der Waals surface area contributed by atoms with E-state index >= 15 is 0 Å². The molecule has 0 spiro atoms. The van der Waals surface area contributed by atoms with Gasteiger partial charge in [0.25, 0.3) is 0 Å². The van der Waals surface area contributed by atoms with Crippen LogP contribution in [-0.4, -0.2) is 29.3 Å². The van der Waals surface area contributed by atoms with Crippen LogP contribution in [-0.2, 0) is 0 Å². The summed E-state index contributed by atoms with van der Waals surface area (Å²) >= 11 is 1.72. The third-order valence-corrected chi connectivity index (χ3v) is 4.19. The average Bonchev–Trinajstić information content (AvgIpc) is 2.94. The van der Waals surface area contributed by atoms with Gasteiger partial charge in [-0.2, -0.15) is 0 Å². The van der Waals surface area contributed by atoms with Gasteiger partial charge in [-0.05, 0) is 25.0 Å². The summed E-state index contributed by atoms with van der Waals surface area (Å²) in [6.07, 6.45) is 2.23. The fourth-order valence-corrected chi connectivity index (χ4v) is 3.32. The third-order valence-electron chi connectivity index (χ3n) is 3.12. The van der Waals surface area contributed by atoms with Crippen LogP contribution >= 0.6 is 11.3 Å². The summed E-state index contributed by atoms with van der Waals surface area (Å²) in [7, 11) is 0. The van der Waals surface area contributed by atoms with Gasteiger partial charge in [0, 0.05) is 6.54 Å². The van der Waals surface area contributed by atoms with Crippen molar-refractivity contribution in [2.24, 2.45) is 0 Å². The molecule has 0 radical (unpaired) electrons. The molecule has 2 heterocycles. The van der Waals surface area contributed by atoms with Gasteiger partial charge in [-0.3, -0.25) is 0 Å². The van der Waals surface area contributed by atoms with Crippen LogP contribution in [0.1, 0.15) is 12.8 Å². The van der Waals surface area contributed by atoms with E-state index in [4.69, 9.17) is 0 Å². The Morgan fingerprint density at radius 1 is 1.44 bits per heavy atom. The van der Waals surface area contributed by atoms with E-state index in [2.05, 4.69) is 16.0 Å². The molecular formula is C12H14N2OS. The molecule has 0 unspecified atom stereocenters. The van der Waals surface area contributed by atoms with Crippen molar-refractivity contribution in [3.05, 3.63) is 24.3 Å². The van der Waals surface area contributed by atoms with E-state index in [1.807, 2.05) is 18.2 Å². The van der Waals surface area contributed by atoms with Gasteiger partial charge in [0.15, 0.2) is 5.13 Å². The van der Waals surface area contributed by atoms with Crippen molar-refractivity contribution < 1.29 is 5.11 Å². The van der Waals surface area contributed by atoms with Gasteiger partial charge in [0.2, 0.25) is 0 Å². The lowest BCUT2D eigenvalue weighted by Gasteiger charge is -2.21. The number of benzene rings is 1. The van der Waals surface area contributed by atoms with E-state index in [-0.39, 0.29) is 12.6 Å². The zero-order valence-electron chi connectivity index (χ0n) is 8.97. The van der Waals surface area contributed by atoms with Crippen LogP contribution in [0.4, 0.5) is 5.13 Å². The lowest BCUT2D eigenvalue weighted by molar-refractivity contribution is 0.266. The highest BCUT2D eigenvalue weighted by Crippen LogP contribution is 2.32. The van der Waals surface area contributed by atoms with Crippen LogP contribution in [0.3, 0.4) is 0 Å². The Morgan fingerprint density at radius 3 is 3.12 bits per heavy atom. The van der Waals surface area contributed by atoms with Crippen molar-refractivity contribution >= 4 is 26.7 Å². The lowest BCUT2D eigenvalue weighted by Crippen LogP contribution is -2.31. The molecular weight excluding hydrogens is 220 g/mol. The highest BCUT2D eigenvalue weighted by atomic mass is 32.1. The van der Waals surface area contributed by atoms with Crippen molar-refractivity contribution in [2.75, 3.05) is 18.1 Å². The van der Waals surface area contributed by atoms with Gasteiger partial charge in [-0.15, -0.1) is 0 Å². The zero-order chi connectivity index (χ0) is 11.0. The lowest BCUT2D eigenvalue weighted by atomic mass is 10.2. The van der Waals surface area contributed by atoms with Gasteiger partial charge in [-0.25, -0.2) is 4.98 Å². The van der Waals surface area contributed by atoms with E-state index in [9.17, 15) is 5.11 Å². The fraction of sp³-hybridized carbons (Fsp3) is 0.417. The quantitative estimate of drug-likeness (QED) is 0.866. The average molecular weight is 234 g/mol. The molecule has 0 saturated carbocycles. The van der Waals surface area contributed by atoms with E-state index in [1.54, 1.807) is 11.3 Å². The number of anilines is 1. The molecule has 1 aromatic heterocycles. The molecule has 0 amide bonds. The molecule has 1 fully saturated rings. The van der Waals surface area contributed by atoms with Crippen molar-refractivity contribution in [3.63, 3.8) is 0 Å². The maximum atomic E-state index is 9.31. The predicted octanol–water partition coefficient (Wildman–Crippen LogP) is 2.26. The molecule has 84 valence electrons. The number of thiazole rings is 1. The van der Waals surface area contributed by atoms with E-state index in [0.29, 0.717) is 0 Å². The first kappa shape index (κ1) is 10.1. The van der Waals surface area contributed by atoms with Crippen LogP contribution in [0.2, 0.25) is 0 Å². The maximum absolute atomic E-state index is 9.31. The number of hydrogen-bond donors (Lipinski definition) is 1. The highest BCUT2D eigenvalue weighted by Gasteiger charge is 2.26. The minimum absolute atomic E-state index is 0.232. The van der Waals surface area contributed by atoms with Gasteiger partial charge in [-0.1, -0.05) is 23.5 Å². The standard InChI is InChI=1S/C12H14N2OS/c15-8-9-4-3-7-14(9)12-13-10-5-1-2-6-11(10)16-12/h1-2,5-6,9,15H,3-4,7-8H2/t9-/m1/s1. The maximum Gasteiger partial charge on any atom is 0.186 e. The van der Waals surface area contributed by atoms with E-state index in [0.717, 1.165) is 30.0 Å². The van der Waals surface area contributed by atoms with E-state index in [1.165, 1.54) is 4.70 Å². The van der Waals surface area contributed by atoms with Crippen molar-refractivity contribution in [2.45, 2.75) is 18.9 Å². The Balaban J connectivity index is 1.99. The first-order valence-electron chi connectivity index (χ1n) is 5.61. The second-order valence-electron chi connectivity index (χ2n) is 4.14. The molecule has 4 heteroatoms. The second kappa shape index (κ2) is 4.03. The minimum Gasteiger partial charge on any atom is -0.394 e. The summed E-state index contributed by atoms with van der Waals surface area (Å²) in [6, 6.07) is 8.46. The summed E-state index contributed by atoms with van der Waals surface area (Å²) in [4.78, 5) is 6.87. The highest BCUT2D eigenvalue weighted by molar-refractivity contribution is 7.22. The van der Waals surface area contributed by atoms with E-state index < -0.39 is 0 Å². The molecule has 1 saturated heterocycles. The predicted molar refractivity (Wildman–Crippen MR) is 67.1 cm³/mol. The molecule has 1 aliphatic heterocycles. The molecule has 0 aliphatic carbocycles. The molecule has 3 nitrogen and oxygen atoms in total. The smallest absolute Gasteiger partial charge is 0.186 e. The van der Waals surface area contributed by atoms with Crippen molar-refractivity contribution in [3.8, 4) is 0 Å². The summed E-state index contributed by atoms with van der Waals surface area (Å²) in [5.41, 5.74) is 1.06. The summed E-state index contributed by atoms with van der Waals surface area (Å²) < 4.78 is 1.22. The number of para-hydroxylation sites is 1. The molecule has 2 aromatic rings. The molecule has 16 heavy (non-hydrogen) atoms. The Labute approximate surface area is 98.3 Å². The molecule has 1 N–H and O–H groups in total. The van der Waals surface area contributed by atoms with Gasteiger partial charge in [0.05, 0.1) is 22.9 Å². The molecule has 0 bridgehead atoms. The number of aliphatic hydroxyl groups excluding tert-OH is 1. The molecule has 1 aliphatic rings. The largest absolute Gasteiger partial charge is 0.394 e. The number of rotatable bonds is 2. The zero-order valence-corrected chi connectivity index (χ0v) is 9.78. The van der Waals surface area contributed by atoms with Crippen LogP contribution in [0, 0.1) is 0 Å². The van der Waals surface area contributed by atoms with Crippen molar-refractivity contribution in [1.29, 1.82) is 0 Å². The van der Waals surface area contributed by atoms with Crippen molar-refractivity contribution in [1.82, 2.24) is 4.98 Å². The van der Waals surface area contributed by atoms with Crippen LogP contribution in [0.5, 0.6) is 0 Å². The Bertz CT molecular complexity index is 463. The minimum atomic E-state index is 0.232. The molecule has 1 atom stereocenters. The van der Waals surface area contributed by atoms with Gasteiger partial charge < -0.3 is 10.0 Å². The summed E-state index contributed by atoms with van der Waals surface area (Å²) in [5.74, 6) is 0. The normalized spacial score (nSPS) is 20.8. The Kier molecular flexibility index (Phi) is 2.53. The van der Waals surface area contributed by atoms with Gasteiger partial charge >= 0.3 is 0 Å². The monoisotopic (exact) mass is 234 g/mol. The number of aromatic nitrogens is 1. The molecule has 1 aromatic carbocycles. The number of nitrogens with zero attached hydrogens (tertiary/aromatic N) is 2. The number of fused-ring (bicyclic) bond motifs is 1. The summed E-state index contributed by atoms with van der Waals surface area (Å²) in [6.45, 7) is 1.25. The summed E-state index contributed by atoms with van der Waals surface area (Å²) in [5, 5.41) is 10.4. The number of aliphatic hydroxyl groups is 1. The first-order valence-corrected chi connectivity index (χ1v) is 6.43. The third kappa shape index (κ3) is 1.58. The topological polar surface area (TPSA) is 36.4 Å². The Morgan fingerprint density at radius 2 is 2.31 bits per heavy atom. The number of hydrogen-bond acceptors (Lipinski definition) is 4. The Hall–Kier alpha value is -1.13. The first-order chi connectivity index (χ1) is 7.88. The SMILES string of the molecule is OC[C@H]1CCCN1c1nc2ccccc2s1. The van der Waals surface area contributed by atoms with Crippen LogP contribution in [0.15, 0.2) is 24.3 Å². The fourth-order valence-electron chi connectivity index (χ4n) is 2.26. The van der Waals surface area contributed by atoms with Gasteiger partial charge in [0.1, 0.15) is 0 Å². The van der Waals surface area contributed by atoms with Crippen LogP contribution in [0.25, 0.3) is 10.2 Å². The second-order valence-corrected chi connectivity index (χ2v) is 5.15. The molecule has 3 rings (SSSR count). The van der Waals surface area contributed by atoms with Crippen LogP contribution < -0.4 is 4.90 Å².